The molecular formula is C14H16ClNO2. The van der Waals surface area contributed by atoms with Crippen molar-refractivity contribution < 1.29 is 9.15 Å². The van der Waals surface area contributed by atoms with Crippen LogP contribution in [0.4, 0.5) is 0 Å². The minimum Gasteiger partial charge on any atom is -0.481 e. The molecule has 2 atom stereocenters. The lowest BCUT2D eigenvalue weighted by Gasteiger charge is -2.20. The number of rotatable bonds is 4. The zero-order valence-corrected chi connectivity index (χ0v) is 11.1. The minimum atomic E-state index is -0.322. The Bertz CT molecular complexity index is 522. The van der Waals surface area contributed by atoms with E-state index in [0.717, 1.165) is 11.5 Å². The monoisotopic (exact) mass is 265 g/mol. The molecule has 0 aliphatic heterocycles. The molecule has 0 saturated heterocycles. The highest BCUT2D eigenvalue weighted by atomic mass is 35.5. The van der Waals surface area contributed by atoms with Crippen LogP contribution in [0.25, 0.3) is 0 Å². The van der Waals surface area contributed by atoms with Crippen molar-refractivity contribution in [3.8, 4) is 5.75 Å². The van der Waals surface area contributed by atoms with Crippen molar-refractivity contribution >= 4 is 11.6 Å². The van der Waals surface area contributed by atoms with Crippen LogP contribution in [0.3, 0.4) is 0 Å². The summed E-state index contributed by atoms with van der Waals surface area (Å²) in [5, 5.41) is 0.631. The summed E-state index contributed by atoms with van der Waals surface area (Å²) in [6.45, 7) is 3.77. The molecule has 96 valence electrons. The van der Waals surface area contributed by atoms with Crippen LogP contribution in [-0.4, -0.2) is 6.04 Å². The van der Waals surface area contributed by atoms with Crippen LogP contribution in [0.15, 0.2) is 40.8 Å². The average molecular weight is 266 g/mol. The Hall–Kier alpha value is -1.45. The summed E-state index contributed by atoms with van der Waals surface area (Å²) < 4.78 is 11.4. The summed E-state index contributed by atoms with van der Waals surface area (Å²) in [7, 11) is 0. The second-order valence-corrected chi connectivity index (χ2v) is 4.74. The van der Waals surface area contributed by atoms with Gasteiger partial charge in [0.05, 0.1) is 0 Å². The number of ether oxygens (including phenoxy) is 1. The highest BCUT2D eigenvalue weighted by molar-refractivity contribution is 6.30. The summed E-state index contributed by atoms with van der Waals surface area (Å²) in [6.07, 6.45) is -0.322. The van der Waals surface area contributed by atoms with Gasteiger partial charge in [-0.15, -0.1) is 0 Å². The van der Waals surface area contributed by atoms with Crippen molar-refractivity contribution in [2.24, 2.45) is 5.73 Å². The van der Waals surface area contributed by atoms with Crippen LogP contribution >= 0.6 is 11.6 Å². The fourth-order valence-corrected chi connectivity index (χ4v) is 1.90. The molecule has 2 unspecified atom stereocenters. The Labute approximate surface area is 111 Å². The van der Waals surface area contributed by atoms with Crippen LogP contribution in [-0.2, 0) is 0 Å². The highest BCUT2D eigenvalue weighted by Crippen LogP contribution is 2.27. The topological polar surface area (TPSA) is 48.4 Å². The van der Waals surface area contributed by atoms with Crippen molar-refractivity contribution in [2.45, 2.75) is 26.0 Å². The quantitative estimate of drug-likeness (QED) is 0.917. The second kappa shape index (κ2) is 5.46. The van der Waals surface area contributed by atoms with Gasteiger partial charge in [-0.1, -0.05) is 17.7 Å². The van der Waals surface area contributed by atoms with Crippen LogP contribution < -0.4 is 10.5 Å². The van der Waals surface area contributed by atoms with Gasteiger partial charge in [0.15, 0.2) is 6.10 Å². The van der Waals surface area contributed by atoms with E-state index < -0.39 is 0 Å². The van der Waals surface area contributed by atoms with Crippen molar-refractivity contribution in [2.75, 3.05) is 0 Å². The molecule has 4 heteroatoms. The number of nitrogens with two attached hydrogens (primary N) is 1. The Morgan fingerprint density at radius 1 is 1.28 bits per heavy atom. The minimum absolute atomic E-state index is 0.186. The third-order valence-corrected chi connectivity index (χ3v) is 2.81. The van der Waals surface area contributed by atoms with E-state index >= 15 is 0 Å². The molecule has 2 N–H and O–H groups in total. The van der Waals surface area contributed by atoms with E-state index in [4.69, 9.17) is 26.5 Å². The highest BCUT2D eigenvalue weighted by Gasteiger charge is 2.21. The SMILES string of the molecule is Cc1ccc(C(Oc2cccc(Cl)c2)C(C)N)o1. The summed E-state index contributed by atoms with van der Waals surface area (Å²) in [4.78, 5) is 0. The van der Waals surface area contributed by atoms with Crippen molar-refractivity contribution in [3.05, 3.63) is 52.9 Å². The number of hydrogen-bond donors (Lipinski definition) is 1. The molecule has 0 saturated carbocycles. The summed E-state index contributed by atoms with van der Waals surface area (Å²) in [5.41, 5.74) is 5.95. The van der Waals surface area contributed by atoms with Crippen molar-refractivity contribution in [3.63, 3.8) is 0 Å². The Kier molecular flexibility index (Phi) is 3.94. The van der Waals surface area contributed by atoms with Crippen LogP contribution in [0.1, 0.15) is 24.5 Å². The van der Waals surface area contributed by atoms with Gasteiger partial charge in [0.2, 0.25) is 0 Å². The number of hydrogen-bond acceptors (Lipinski definition) is 3. The first-order valence-electron chi connectivity index (χ1n) is 5.80. The van der Waals surface area contributed by atoms with Gasteiger partial charge in [0.1, 0.15) is 17.3 Å². The molecule has 1 aromatic carbocycles. The Morgan fingerprint density at radius 2 is 2.06 bits per heavy atom. The summed E-state index contributed by atoms with van der Waals surface area (Å²) in [5.74, 6) is 2.24. The van der Waals surface area contributed by atoms with Crippen molar-refractivity contribution in [1.82, 2.24) is 0 Å². The Balaban J connectivity index is 2.22. The predicted molar refractivity (Wildman–Crippen MR) is 71.9 cm³/mol. The number of halogens is 1. The molecular weight excluding hydrogens is 250 g/mol. The molecule has 0 fully saturated rings. The van der Waals surface area contributed by atoms with Gasteiger partial charge >= 0.3 is 0 Å². The molecule has 2 rings (SSSR count). The van der Waals surface area contributed by atoms with Gasteiger partial charge in [-0.05, 0) is 44.2 Å². The van der Waals surface area contributed by atoms with Crippen LogP contribution in [0, 0.1) is 6.92 Å². The molecule has 2 aromatic rings. The molecule has 3 nitrogen and oxygen atoms in total. The van der Waals surface area contributed by atoms with Crippen LogP contribution in [0.2, 0.25) is 5.02 Å². The maximum atomic E-state index is 5.95. The fourth-order valence-electron chi connectivity index (χ4n) is 1.72. The molecule has 0 aliphatic rings. The van der Waals surface area contributed by atoms with E-state index in [-0.39, 0.29) is 12.1 Å². The van der Waals surface area contributed by atoms with Gasteiger partial charge in [0, 0.05) is 11.1 Å². The fraction of sp³-hybridized carbons (Fsp3) is 0.286. The van der Waals surface area contributed by atoms with E-state index in [1.807, 2.05) is 38.1 Å². The third-order valence-electron chi connectivity index (χ3n) is 2.58. The molecule has 0 bridgehead atoms. The normalized spacial score (nSPS) is 14.2. The van der Waals surface area contributed by atoms with E-state index in [2.05, 4.69) is 0 Å². The predicted octanol–water partition coefficient (Wildman–Crippen LogP) is 3.71. The third kappa shape index (κ3) is 3.06. The smallest absolute Gasteiger partial charge is 0.171 e. The average Bonchev–Trinajstić information content (AvgIpc) is 2.72. The summed E-state index contributed by atoms with van der Waals surface area (Å²) >= 11 is 5.92. The van der Waals surface area contributed by atoms with E-state index in [1.54, 1.807) is 12.1 Å². The van der Waals surface area contributed by atoms with Gasteiger partial charge in [-0.3, -0.25) is 0 Å². The van der Waals surface area contributed by atoms with E-state index in [0.29, 0.717) is 10.8 Å². The lowest BCUT2D eigenvalue weighted by molar-refractivity contribution is 0.152. The molecule has 18 heavy (non-hydrogen) atoms. The van der Waals surface area contributed by atoms with Gasteiger partial charge in [-0.2, -0.15) is 0 Å². The zero-order chi connectivity index (χ0) is 13.1. The van der Waals surface area contributed by atoms with Crippen LogP contribution in [0.5, 0.6) is 5.75 Å². The molecule has 1 heterocycles. The van der Waals surface area contributed by atoms with Crippen molar-refractivity contribution in [1.29, 1.82) is 0 Å². The lowest BCUT2D eigenvalue weighted by atomic mass is 10.1. The first-order valence-corrected chi connectivity index (χ1v) is 6.18. The standard InChI is InChI=1S/C14H16ClNO2/c1-9-6-7-13(17-9)14(10(2)16)18-12-5-3-4-11(15)8-12/h3-8,10,14H,16H2,1-2H3. The maximum absolute atomic E-state index is 5.95. The number of benzene rings is 1. The molecule has 0 amide bonds. The number of furan rings is 1. The first-order chi connectivity index (χ1) is 8.56. The number of aryl methyl sites for hydroxylation is 1. The molecule has 0 spiro atoms. The molecule has 0 aliphatic carbocycles. The zero-order valence-electron chi connectivity index (χ0n) is 10.4. The maximum Gasteiger partial charge on any atom is 0.171 e. The van der Waals surface area contributed by atoms with E-state index in [1.165, 1.54) is 0 Å². The lowest BCUT2D eigenvalue weighted by Crippen LogP contribution is -2.28. The van der Waals surface area contributed by atoms with Gasteiger partial charge < -0.3 is 14.9 Å². The molecule has 1 aromatic heterocycles. The Morgan fingerprint density at radius 3 is 2.61 bits per heavy atom. The van der Waals surface area contributed by atoms with Gasteiger partial charge in [-0.25, -0.2) is 0 Å². The van der Waals surface area contributed by atoms with E-state index in [9.17, 15) is 0 Å². The largest absolute Gasteiger partial charge is 0.481 e. The second-order valence-electron chi connectivity index (χ2n) is 4.30. The first kappa shape index (κ1) is 13.0. The molecule has 0 radical (unpaired) electrons. The van der Waals surface area contributed by atoms with Gasteiger partial charge in [0.25, 0.3) is 0 Å². The summed E-state index contributed by atoms with van der Waals surface area (Å²) in [6, 6.07) is 10.8.